The summed E-state index contributed by atoms with van der Waals surface area (Å²) >= 11 is 1.76. The zero-order chi connectivity index (χ0) is 13.1. The van der Waals surface area contributed by atoms with E-state index >= 15 is 0 Å². The van der Waals surface area contributed by atoms with Gasteiger partial charge in [-0.05, 0) is 38.5 Å². The monoisotopic (exact) mass is 279 g/mol. The van der Waals surface area contributed by atoms with Gasteiger partial charge in [0.2, 0.25) is 0 Å². The van der Waals surface area contributed by atoms with Gasteiger partial charge in [0.25, 0.3) is 0 Å². The van der Waals surface area contributed by atoms with Gasteiger partial charge in [-0.15, -0.1) is 11.3 Å². The molecule has 1 aliphatic carbocycles. The van der Waals surface area contributed by atoms with Gasteiger partial charge >= 0.3 is 0 Å². The molecule has 3 nitrogen and oxygen atoms in total. The van der Waals surface area contributed by atoms with Crippen LogP contribution in [0.15, 0.2) is 5.38 Å². The van der Waals surface area contributed by atoms with E-state index in [1.54, 1.807) is 11.3 Å². The highest BCUT2D eigenvalue weighted by Crippen LogP contribution is 2.32. The number of aromatic nitrogens is 1. The second-order valence-corrected chi connectivity index (χ2v) is 7.05. The maximum absolute atomic E-state index is 4.49. The Morgan fingerprint density at radius 2 is 2.21 bits per heavy atom. The summed E-state index contributed by atoms with van der Waals surface area (Å²) in [5, 5.41) is 10.8. The Morgan fingerprint density at radius 3 is 3.05 bits per heavy atom. The third-order valence-corrected chi connectivity index (χ3v) is 5.54. The van der Waals surface area contributed by atoms with Crippen molar-refractivity contribution in [2.75, 3.05) is 6.54 Å². The van der Waals surface area contributed by atoms with Crippen LogP contribution in [-0.4, -0.2) is 23.6 Å². The lowest BCUT2D eigenvalue weighted by Crippen LogP contribution is -2.52. The summed E-state index contributed by atoms with van der Waals surface area (Å²) in [5.41, 5.74) is 1.14. The Morgan fingerprint density at radius 1 is 1.32 bits per heavy atom. The van der Waals surface area contributed by atoms with Gasteiger partial charge in [-0.3, -0.25) is 0 Å². The first-order chi connectivity index (χ1) is 9.31. The van der Waals surface area contributed by atoms with Gasteiger partial charge in [-0.1, -0.05) is 12.8 Å². The second-order valence-electron chi connectivity index (χ2n) is 6.11. The SMILES string of the molecule is Cc1csc(CNCC2CCC3CCCCC3N2)n1. The zero-order valence-electron chi connectivity index (χ0n) is 11.8. The summed E-state index contributed by atoms with van der Waals surface area (Å²) in [6.07, 6.45) is 8.50. The van der Waals surface area contributed by atoms with E-state index in [4.69, 9.17) is 0 Å². The van der Waals surface area contributed by atoms with E-state index in [1.807, 2.05) is 0 Å². The van der Waals surface area contributed by atoms with E-state index in [9.17, 15) is 0 Å². The highest BCUT2D eigenvalue weighted by atomic mass is 32.1. The van der Waals surface area contributed by atoms with Crippen LogP contribution in [0.4, 0.5) is 0 Å². The molecular weight excluding hydrogens is 254 g/mol. The summed E-state index contributed by atoms with van der Waals surface area (Å²) in [6, 6.07) is 1.47. The molecule has 3 atom stereocenters. The molecule has 1 aromatic rings. The lowest BCUT2D eigenvalue weighted by Gasteiger charge is -2.40. The number of nitrogens with zero attached hydrogens (tertiary/aromatic N) is 1. The number of hydrogen-bond donors (Lipinski definition) is 2. The van der Waals surface area contributed by atoms with Crippen LogP contribution in [0.25, 0.3) is 0 Å². The van der Waals surface area contributed by atoms with E-state index in [-0.39, 0.29) is 0 Å². The molecule has 106 valence electrons. The summed E-state index contributed by atoms with van der Waals surface area (Å²) in [4.78, 5) is 4.49. The van der Waals surface area contributed by atoms with Crippen molar-refractivity contribution in [1.82, 2.24) is 15.6 Å². The van der Waals surface area contributed by atoms with Crippen LogP contribution >= 0.6 is 11.3 Å². The topological polar surface area (TPSA) is 37.0 Å². The zero-order valence-corrected chi connectivity index (χ0v) is 12.6. The molecular formula is C15H25N3S. The van der Waals surface area contributed by atoms with E-state index in [1.165, 1.54) is 43.5 Å². The van der Waals surface area contributed by atoms with Gasteiger partial charge in [0.15, 0.2) is 0 Å². The van der Waals surface area contributed by atoms with Crippen molar-refractivity contribution in [3.05, 3.63) is 16.1 Å². The minimum Gasteiger partial charge on any atom is -0.310 e. The first-order valence-electron chi connectivity index (χ1n) is 7.69. The van der Waals surface area contributed by atoms with Crippen molar-refractivity contribution in [2.45, 2.75) is 64.1 Å². The molecule has 0 amide bonds. The maximum atomic E-state index is 4.49. The van der Waals surface area contributed by atoms with Gasteiger partial charge in [0.05, 0.1) is 0 Å². The van der Waals surface area contributed by atoms with Crippen molar-refractivity contribution in [2.24, 2.45) is 5.92 Å². The predicted molar refractivity (Wildman–Crippen MR) is 80.5 cm³/mol. The molecule has 1 aliphatic heterocycles. The molecule has 4 heteroatoms. The summed E-state index contributed by atoms with van der Waals surface area (Å²) in [7, 11) is 0. The van der Waals surface area contributed by atoms with Crippen molar-refractivity contribution < 1.29 is 0 Å². The van der Waals surface area contributed by atoms with Gasteiger partial charge in [0, 0.05) is 36.2 Å². The number of piperidine rings is 1. The Labute approximate surface area is 120 Å². The Kier molecular flexibility index (Phi) is 4.51. The largest absolute Gasteiger partial charge is 0.310 e. The fourth-order valence-electron chi connectivity index (χ4n) is 3.57. The molecule has 1 saturated carbocycles. The number of hydrogen-bond acceptors (Lipinski definition) is 4. The molecule has 1 aromatic heterocycles. The first kappa shape index (κ1) is 13.5. The van der Waals surface area contributed by atoms with E-state index in [2.05, 4.69) is 27.9 Å². The standard InChI is InChI=1S/C15H25N3S/c1-11-10-19-15(17-11)9-16-8-13-7-6-12-4-2-3-5-14(12)18-13/h10,12-14,16,18H,2-9H2,1H3. The molecule has 0 spiro atoms. The van der Waals surface area contributed by atoms with E-state index in [0.29, 0.717) is 6.04 Å². The average molecular weight is 279 g/mol. The molecule has 19 heavy (non-hydrogen) atoms. The molecule has 2 heterocycles. The summed E-state index contributed by atoms with van der Waals surface area (Å²) in [6.45, 7) is 4.07. The second kappa shape index (κ2) is 6.33. The van der Waals surface area contributed by atoms with Crippen molar-refractivity contribution in [3.8, 4) is 0 Å². The number of aryl methyl sites for hydroxylation is 1. The van der Waals surface area contributed by atoms with Crippen molar-refractivity contribution >= 4 is 11.3 Å². The predicted octanol–water partition coefficient (Wildman–Crippen LogP) is 2.85. The molecule has 3 rings (SSSR count). The van der Waals surface area contributed by atoms with Gasteiger partial charge < -0.3 is 10.6 Å². The van der Waals surface area contributed by atoms with Crippen LogP contribution in [0.1, 0.15) is 49.2 Å². The molecule has 2 fully saturated rings. The van der Waals surface area contributed by atoms with Crippen molar-refractivity contribution in [3.63, 3.8) is 0 Å². The first-order valence-corrected chi connectivity index (χ1v) is 8.57. The molecule has 2 aliphatic rings. The highest BCUT2D eigenvalue weighted by Gasteiger charge is 2.31. The molecule has 1 saturated heterocycles. The fourth-order valence-corrected chi connectivity index (χ4v) is 4.31. The van der Waals surface area contributed by atoms with Gasteiger partial charge in [-0.2, -0.15) is 0 Å². The maximum Gasteiger partial charge on any atom is 0.107 e. The number of fused-ring (bicyclic) bond motifs is 1. The number of thiazole rings is 1. The molecule has 0 aromatic carbocycles. The van der Waals surface area contributed by atoms with E-state index in [0.717, 1.165) is 30.7 Å². The van der Waals surface area contributed by atoms with E-state index < -0.39 is 0 Å². The fraction of sp³-hybridized carbons (Fsp3) is 0.800. The summed E-state index contributed by atoms with van der Waals surface area (Å²) in [5.74, 6) is 0.964. The lowest BCUT2D eigenvalue weighted by molar-refractivity contribution is 0.174. The molecule has 2 N–H and O–H groups in total. The van der Waals surface area contributed by atoms with Gasteiger partial charge in [-0.25, -0.2) is 4.98 Å². The summed E-state index contributed by atoms with van der Waals surface area (Å²) < 4.78 is 0. The minimum atomic E-state index is 0.667. The normalized spacial score (nSPS) is 31.1. The van der Waals surface area contributed by atoms with Gasteiger partial charge in [0.1, 0.15) is 5.01 Å². The van der Waals surface area contributed by atoms with Crippen LogP contribution in [0.2, 0.25) is 0 Å². The lowest BCUT2D eigenvalue weighted by atomic mass is 9.78. The number of nitrogens with one attached hydrogen (secondary N) is 2. The minimum absolute atomic E-state index is 0.667. The van der Waals surface area contributed by atoms with Crippen LogP contribution in [-0.2, 0) is 6.54 Å². The molecule has 3 unspecified atom stereocenters. The molecule has 0 bridgehead atoms. The van der Waals surface area contributed by atoms with Crippen molar-refractivity contribution in [1.29, 1.82) is 0 Å². The third kappa shape index (κ3) is 3.56. The van der Waals surface area contributed by atoms with Crippen LogP contribution < -0.4 is 10.6 Å². The quantitative estimate of drug-likeness (QED) is 0.890. The highest BCUT2D eigenvalue weighted by molar-refractivity contribution is 7.09. The van der Waals surface area contributed by atoms with Crippen LogP contribution in [0.5, 0.6) is 0 Å². The average Bonchev–Trinajstić information content (AvgIpc) is 2.84. The Balaban J connectivity index is 1.41. The third-order valence-electron chi connectivity index (χ3n) is 4.58. The Bertz CT molecular complexity index is 404. The molecule has 0 radical (unpaired) electrons. The van der Waals surface area contributed by atoms with Crippen LogP contribution in [0, 0.1) is 12.8 Å². The smallest absolute Gasteiger partial charge is 0.107 e. The van der Waals surface area contributed by atoms with Crippen LogP contribution in [0.3, 0.4) is 0 Å². The number of rotatable bonds is 4. The Hall–Kier alpha value is -0.450.